The summed E-state index contributed by atoms with van der Waals surface area (Å²) < 4.78 is 0. The Balaban J connectivity index is 4.61. The van der Waals surface area contributed by atoms with Crippen LogP contribution in [0.4, 0.5) is 0 Å². The summed E-state index contributed by atoms with van der Waals surface area (Å²) in [5.41, 5.74) is 10.4. The number of carbonyl (C=O) groups is 2. The average Bonchev–Trinajstić information content (AvgIpc) is 2.38. The molecule has 0 aromatic heterocycles. The number of rotatable bonds is 10. The number of nitrogens with two attached hydrogens (primary N) is 2. The Hall–Kier alpha value is -1.67. The summed E-state index contributed by atoms with van der Waals surface area (Å²) in [5, 5.41) is 15.4. The number of hydrogen-bond donors (Lipinski definition) is 5. The van der Waals surface area contributed by atoms with E-state index in [0.717, 1.165) is 0 Å². The molecule has 128 valence electrons. The molecule has 0 aromatic rings. The maximum atomic E-state index is 12.2. The number of ketones is 1. The molecule has 0 aliphatic carbocycles. The molecule has 0 aliphatic heterocycles. The Morgan fingerprint density at radius 1 is 1.23 bits per heavy atom. The highest BCUT2D eigenvalue weighted by atomic mass is 16.3. The lowest BCUT2D eigenvalue weighted by Crippen LogP contribution is -2.55. The van der Waals surface area contributed by atoms with Gasteiger partial charge in [0.25, 0.3) is 0 Å². The van der Waals surface area contributed by atoms with Crippen molar-refractivity contribution in [1.29, 1.82) is 0 Å². The van der Waals surface area contributed by atoms with E-state index in [4.69, 9.17) is 11.5 Å². The second kappa shape index (κ2) is 10.1. The maximum Gasteiger partial charge on any atom is 0.240 e. The third kappa shape index (κ3) is 8.58. The molecule has 1 unspecified atom stereocenters. The van der Waals surface area contributed by atoms with Gasteiger partial charge in [-0.15, -0.1) is 0 Å². The fourth-order valence-electron chi connectivity index (χ4n) is 1.94. The van der Waals surface area contributed by atoms with Crippen LogP contribution in [-0.2, 0) is 9.59 Å². The normalized spacial score (nSPS) is 15.0. The molecule has 8 heteroatoms. The lowest BCUT2D eigenvalue weighted by Gasteiger charge is -2.25. The van der Waals surface area contributed by atoms with Crippen molar-refractivity contribution in [2.75, 3.05) is 6.54 Å². The summed E-state index contributed by atoms with van der Waals surface area (Å²) in [6, 6.07) is -1.35. The van der Waals surface area contributed by atoms with Crippen molar-refractivity contribution in [3.63, 3.8) is 0 Å². The molecule has 3 atom stereocenters. The number of aliphatic imine (C=N–C) groups is 1. The van der Waals surface area contributed by atoms with E-state index in [1.165, 1.54) is 13.8 Å². The number of nitrogens with one attached hydrogen (secondary N) is 2. The maximum absolute atomic E-state index is 12.2. The highest BCUT2D eigenvalue weighted by Gasteiger charge is 2.27. The number of guanidine groups is 1. The average molecular weight is 315 g/mol. The number of hydrogen-bond acceptors (Lipinski definition) is 5. The first-order valence-corrected chi connectivity index (χ1v) is 7.45. The van der Waals surface area contributed by atoms with E-state index in [1.807, 2.05) is 13.8 Å². The molecule has 0 saturated carbocycles. The van der Waals surface area contributed by atoms with E-state index in [1.54, 1.807) is 0 Å². The lowest BCUT2D eigenvalue weighted by atomic mass is 10.1. The van der Waals surface area contributed by atoms with Gasteiger partial charge in [-0.25, -0.2) is 0 Å². The second-order valence-corrected chi connectivity index (χ2v) is 5.66. The number of aliphatic hydroxyl groups is 1. The van der Waals surface area contributed by atoms with Crippen LogP contribution in [0.5, 0.6) is 0 Å². The Kier molecular flexibility index (Phi) is 9.35. The van der Waals surface area contributed by atoms with Crippen molar-refractivity contribution in [2.24, 2.45) is 16.5 Å². The molecule has 0 rings (SSSR count). The van der Waals surface area contributed by atoms with Gasteiger partial charge < -0.3 is 27.2 Å². The highest BCUT2D eigenvalue weighted by molar-refractivity contribution is 5.89. The SMILES string of the molecule is CC(=O)[C@H](CCCN=C(N)N)NC(=O)[C@@H](NC(C)C)C(C)O. The van der Waals surface area contributed by atoms with Gasteiger partial charge in [-0.3, -0.25) is 14.6 Å². The molecule has 22 heavy (non-hydrogen) atoms. The van der Waals surface area contributed by atoms with E-state index < -0.39 is 24.1 Å². The third-order valence-corrected chi connectivity index (χ3v) is 3.03. The smallest absolute Gasteiger partial charge is 0.240 e. The fourth-order valence-corrected chi connectivity index (χ4v) is 1.94. The zero-order chi connectivity index (χ0) is 17.3. The van der Waals surface area contributed by atoms with Gasteiger partial charge in [-0.1, -0.05) is 13.8 Å². The van der Waals surface area contributed by atoms with Gasteiger partial charge in [0.1, 0.15) is 6.04 Å². The summed E-state index contributed by atoms with van der Waals surface area (Å²) in [5.74, 6) is -0.545. The number of amides is 1. The van der Waals surface area contributed by atoms with Crippen LogP contribution in [0.15, 0.2) is 4.99 Å². The summed E-state index contributed by atoms with van der Waals surface area (Å²) in [6.45, 7) is 7.09. The summed E-state index contributed by atoms with van der Waals surface area (Å²) in [4.78, 5) is 27.7. The Morgan fingerprint density at radius 2 is 1.82 bits per heavy atom. The van der Waals surface area contributed by atoms with Crippen LogP contribution >= 0.6 is 0 Å². The molecule has 7 N–H and O–H groups in total. The molecule has 0 aliphatic rings. The van der Waals surface area contributed by atoms with Crippen molar-refractivity contribution >= 4 is 17.6 Å². The summed E-state index contributed by atoms with van der Waals surface area (Å²) >= 11 is 0. The minimum Gasteiger partial charge on any atom is -0.391 e. The first-order valence-electron chi connectivity index (χ1n) is 7.45. The fraction of sp³-hybridized carbons (Fsp3) is 0.786. The minimum atomic E-state index is -0.864. The van der Waals surface area contributed by atoms with Gasteiger partial charge in [0, 0.05) is 12.6 Å². The third-order valence-electron chi connectivity index (χ3n) is 3.03. The van der Waals surface area contributed by atoms with Crippen molar-refractivity contribution in [3.8, 4) is 0 Å². The van der Waals surface area contributed by atoms with Crippen LogP contribution in [0, 0.1) is 0 Å². The molecule has 0 spiro atoms. The number of nitrogens with zero attached hydrogens (tertiary/aromatic N) is 1. The minimum absolute atomic E-state index is 0.00119. The Labute approximate surface area is 131 Å². The van der Waals surface area contributed by atoms with Gasteiger partial charge in [0.2, 0.25) is 5.91 Å². The van der Waals surface area contributed by atoms with Crippen LogP contribution in [0.1, 0.15) is 40.5 Å². The molecule has 1 amide bonds. The molecular weight excluding hydrogens is 286 g/mol. The van der Waals surface area contributed by atoms with Gasteiger partial charge in [0.05, 0.1) is 12.1 Å². The summed E-state index contributed by atoms with van der Waals surface area (Å²) in [7, 11) is 0. The molecule has 8 nitrogen and oxygen atoms in total. The molecule has 0 saturated heterocycles. The van der Waals surface area contributed by atoms with E-state index in [0.29, 0.717) is 19.4 Å². The topological polar surface area (TPSA) is 143 Å². The second-order valence-electron chi connectivity index (χ2n) is 5.66. The van der Waals surface area contributed by atoms with Crippen molar-refractivity contribution in [3.05, 3.63) is 0 Å². The molecular formula is C14H29N5O3. The standard InChI is InChI=1S/C14H29N5O3/c1-8(2)18-12(10(4)21)13(22)19-11(9(3)20)6-5-7-17-14(15)16/h8,10-12,18,21H,5-7H2,1-4H3,(H,19,22)(H4,15,16,17)/t10?,11-,12-/m0/s1. The monoisotopic (exact) mass is 315 g/mol. The van der Waals surface area contributed by atoms with Crippen LogP contribution in [-0.4, -0.2) is 53.5 Å². The molecule has 0 fully saturated rings. The first-order chi connectivity index (χ1) is 10.1. The van der Waals surface area contributed by atoms with Gasteiger partial charge >= 0.3 is 0 Å². The van der Waals surface area contributed by atoms with Crippen LogP contribution in [0.25, 0.3) is 0 Å². The predicted molar refractivity (Wildman–Crippen MR) is 86.3 cm³/mol. The van der Waals surface area contributed by atoms with E-state index in [-0.39, 0.29) is 17.8 Å². The van der Waals surface area contributed by atoms with Crippen molar-refractivity contribution in [1.82, 2.24) is 10.6 Å². The highest BCUT2D eigenvalue weighted by Crippen LogP contribution is 2.03. The zero-order valence-electron chi connectivity index (χ0n) is 13.8. The number of Topliss-reactive ketones (excluding diaryl/α,β-unsaturated/α-hetero) is 1. The Bertz CT molecular complexity index is 392. The first kappa shape index (κ1) is 20.3. The quantitative estimate of drug-likeness (QED) is 0.196. The van der Waals surface area contributed by atoms with Gasteiger partial charge in [-0.05, 0) is 26.7 Å². The van der Waals surface area contributed by atoms with E-state index in [2.05, 4.69) is 15.6 Å². The Morgan fingerprint density at radius 3 is 2.23 bits per heavy atom. The lowest BCUT2D eigenvalue weighted by molar-refractivity contribution is -0.130. The van der Waals surface area contributed by atoms with Crippen LogP contribution in [0.2, 0.25) is 0 Å². The molecule has 0 heterocycles. The van der Waals surface area contributed by atoms with Crippen LogP contribution < -0.4 is 22.1 Å². The molecule has 0 aromatic carbocycles. The summed E-state index contributed by atoms with van der Waals surface area (Å²) in [6.07, 6.45) is 0.141. The van der Waals surface area contributed by atoms with Gasteiger partial charge in [-0.2, -0.15) is 0 Å². The van der Waals surface area contributed by atoms with E-state index in [9.17, 15) is 14.7 Å². The zero-order valence-corrected chi connectivity index (χ0v) is 13.8. The predicted octanol–water partition coefficient (Wildman–Crippen LogP) is -1.14. The van der Waals surface area contributed by atoms with Crippen molar-refractivity contribution in [2.45, 2.75) is 64.8 Å². The van der Waals surface area contributed by atoms with E-state index >= 15 is 0 Å². The largest absolute Gasteiger partial charge is 0.391 e. The molecule has 0 radical (unpaired) electrons. The van der Waals surface area contributed by atoms with Crippen molar-refractivity contribution < 1.29 is 14.7 Å². The molecule has 0 bridgehead atoms. The number of aliphatic hydroxyl groups excluding tert-OH is 1. The van der Waals surface area contributed by atoms with Gasteiger partial charge in [0.15, 0.2) is 11.7 Å². The number of carbonyl (C=O) groups excluding carboxylic acids is 2. The van der Waals surface area contributed by atoms with Crippen LogP contribution in [0.3, 0.4) is 0 Å².